The molecule has 0 aliphatic heterocycles. The SMILES string of the molecule is CC(C)c1ccc(CN(C)Cn2nc(Cc3cccs3)n(C)c2=S)cc1. The molecule has 2 heterocycles. The summed E-state index contributed by atoms with van der Waals surface area (Å²) in [4.78, 5) is 3.54. The number of aromatic nitrogens is 3. The molecular weight excluding hydrogens is 360 g/mol. The molecule has 0 aliphatic rings. The number of hydrogen-bond donors (Lipinski definition) is 0. The van der Waals surface area contributed by atoms with E-state index >= 15 is 0 Å². The van der Waals surface area contributed by atoms with Gasteiger partial charge in [-0.15, -0.1) is 11.3 Å². The van der Waals surface area contributed by atoms with Gasteiger partial charge in [0, 0.05) is 24.9 Å². The van der Waals surface area contributed by atoms with Gasteiger partial charge in [0.1, 0.15) is 5.82 Å². The molecule has 26 heavy (non-hydrogen) atoms. The lowest BCUT2D eigenvalue weighted by Gasteiger charge is -2.17. The molecule has 0 atom stereocenters. The highest BCUT2D eigenvalue weighted by Crippen LogP contribution is 2.16. The monoisotopic (exact) mass is 386 g/mol. The third kappa shape index (κ3) is 4.50. The van der Waals surface area contributed by atoms with Gasteiger partial charge in [0.25, 0.3) is 0 Å². The predicted molar refractivity (Wildman–Crippen MR) is 111 cm³/mol. The molecule has 0 spiro atoms. The fourth-order valence-corrected chi connectivity index (χ4v) is 3.85. The zero-order valence-corrected chi connectivity index (χ0v) is 17.5. The van der Waals surface area contributed by atoms with Crippen LogP contribution in [0.3, 0.4) is 0 Å². The Hall–Kier alpha value is -1.76. The molecule has 3 aromatic rings. The molecule has 0 N–H and O–H groups in total. The summed E-state index contributed by atoms with van der Waals surface area (Å²) in [5, 5.41) is 6.84. The van der Waals surface area contributed by atoms with Gasteiger partial charge in [0.15, 0.2) is 4.77 Å². The second kappa shape index (κ2) is 8.29. The van der Waals surface area contributed by atoms with E-state index in [-0.39, 0.29) is 0 Å². The van der Waals surface area contributed by atoms with E-state index in [9.17, 15) is 0 Å². The molecule has 2 aromatic heterocycles. The number of rotatable bonds is 7. The Morgan fingerprint density at radius 1 is 1.19 bits per heavy atom. The molecule has 0 amide bonds. The first-order chi connectivity index (χ1) is 12.4. The molecule has 0 unspecified atom stereocenters. The van der Waals surface area contributed by atoms with Crippen molar-refractivity contribution in [2.24, 2.45) is 7.05 Å². The van der Waals surface area contributed by atoms with Crippen LogP contribution < -0.4 is 0 Å². The van der Waals surface area contributed by atoms with Crippen LogP contribution in [0.25, 0.3) is 0 Å². The summed E-state index contributed by atoms with van der Waals surface area (Å²) in [5.41, 5.74) is 2.68. The van der Waals surface area contributed by atoms with Crippen LogP contribution in [0.4, 0.5) is 0 Å². The first kappa shape index (κ1) is 19.0. The second-order valence-electron chi connectivity index (χ2n) is 7.07. The molecule has 0 radical (unpaired) electrons. The van der Waals surface area contributed by atoms with Crippen LogP contribution in [-0.4, -0.2) is 26.3 Å². The normalized spacial score (nSPS) is 11.6. The molecule has 3 rings (SSSR count). The number of nitrogens with zero attached hydrogens (tertiary/aromatic N) is 4. The van der Waals surface area contributed by atoms with Crippen molar-refractivity contribution < 1.29 is 0 Å². The highest BCUT2D eigenvalue weighted by Gasteiger charge is 2.11. The van der Waals surface area contributed by atoms with Crippen molar-refractivity contribution in [1.82, 2.24) is 19.2 Å². The van der Waals surface area contributed by atoms with Gasteiger partial charge in [-0.1, -0.05) is 44.2 Å². The highest BCUT2D eigenvalue weighted by molar-refractivity contribution is 7.71. The molecule has 0 bridgehead atoms. The smallest absolute Gasteiger partial charge is 0.198 e. The molecule has 0 aliphatic carbocycles. The van der Waals surface area contributed by atoms with E-state index in [0.29, 0.717) is 12.6 Å². The standard InChI is InChI=1S/C20H26N4S2/c1-15(2)17-9-7-16(8-10-17)13-22(3)14-24-20(25)23(4)19(21-24)12-18-6-5-11-26-18/h5-11,15H,12-14H2,1-4H3. The molecule has 138 valence electrons. The first-order valence-corrected chi connectivity index (χ1v) is 10.2. The first-order valence-electron chi connectivity index (χ1n) is 8.86. The minimum Gasteiger partial charge on any atom is -0.307 e. The molecule has 1 aromatic carbocycles. The van der Waals surface area contributed by atoms with Crippen molar-refractivity contribution in [3.05, 3.63) is 68.4 Å². The summed E-state index contributed by atoms with van der Waals surface area (Å²) >= 11 is 7.33. The number of thiophene rings is 1. The Morgan fingerprint density at radius 3 is 2.54 bits per heavy atom. The van der Waals surface area contributed by atoms with Gasteiger partial charge >= 0.3 is 0 Å². The van der Waals surface area contributed by atoms with E-state index in [2.05, 4.69) is 67.6 Å². The number of benzene rings is 1. The zero-order chi connectivity index (χ0) is 18.7. The van der Waals surface area contributed by atoms with E-state index in [0.717, 1.165) is 23.6 Å². The van der Waals surface area contributed by atoms with Crippen molar-refractivity contribution in [2.75, 3.05) is 7.05 Å². The van der Waals surface area contributed by atoms with Gasteiger partial charge in [-0.3, -0.25) is 4.90 Å². The molecular formula is C20H26N4S2. The summed E-state index contributed by atoms with van der Waals surface area (Å²) in [6.07, 6.45) is 0.825. The third-order valence-corrected chi connectivity index (χ3v) is 5.88. The van der Waals surface area contributed by atoms with Crippen LogP contribution in [0.2, 0.25) is 0 Å². The van der Waals surface area contributed by atoms with Crippen molar-refractivity contribution >= 4 is 23.6 Å². The summed E-state index contributed by atoms with van der Waals surface area (Å²) in [5.74, 6) is 1.57. The summed E-state index contributed by atoms with van der Waals surface area (Å²) in [6, 6.07) is 13.1. The Kier molecular flexibility index (Phi) is 6.06. The maximum absolute atomic E-state index is 5.58. The van der Waals surface area contributed by atoms with Crippen LogP contribution in [0.15, 0.2) is 41.8 Å². The van der Waals surface area contributed by atoms with Gasteiger partial charge in [-0.05, 0) is 47.8 Å². The Bertz CT molecular complexity index is 889. The molecule has 0 fully saturated rings. The van der Waals surface area contributed by atoms with Crippen molar-refractivity contribution in [3.63, 3.8) is 0 Å². The fourth-order valence-electron chi connectivity index (χ4n) is 2.95. The van der Waals surface area contributed by atoms with E-state index in [1.807, 2.05) is 16.3 Å². The van der Waals surface area contributed by atoms with Crippen molar-refractivity contribution in [2.45, 2.75) is 39.4 Å². The van der Waals surface area contributed by atoms with Crippen molar-refractivity contribution in [1.29, 1.82) is 0 Å². The average Bonchev–Trinajstić information content (AvgIpc) is 3.20. The topological polar surface area (TPSA) is 26.0 Å². The maximum atomic E-state index is 5.58. The van der Waals surface area contributed by atoms with Gasteiger partial charge in [-0.25, -0.2) is 4.68 Å². The molecule has 0 saturated heterocycles. The molecule has 4 nitrogen and oxygen atoms in total. The van der Waals surface area contributed by atoms with Crippen LogP contribution in [0.1, 0.15) is 41.6 Å². The fraction of sp³-hybridized carbons (Fsp3) is 0.400. The van der Waals surface area contributed by atoms with Gasteiger partial charge < -0.3 is 4.57 Å². The van der Waals surface area contributed by atoms with Crippen molar-refractivity contribution in [3.8, 4) is 0 Å². The maximum Gasteiger partial charge on any atom is 0.198 e. The van der Waals surface area contributed by atoms with Crippen LogP contribution in [0.5, 0.6) is 0 Å². The van der Waals surface area contributed by atoms with Crippen LogP contribution >= 0.6 is 23.6 Å². The van der Waals surface area contributed by atoms with E-state index in [4.69, 9.17) is 17.3 Å². The summed E-state index contributed by atoms with van der Waals surface area (Å²) in [7, 11) is 4.10. The summed E-state index contributed by atoms with van der Waals surface area (Å²) < 4.78 is 4.69. The largest absolute Gasteiger partial charge is 0.307 e. The highest BCUT2D eigenvalue weighted by atomic mass is 32.1. The van der Waals surface area contributed by atoms with Gasteiger partial charge in [0.05, 0.1) is 6.67 Å². The Balaban J connectivity index is 1.67. The van der Waals surface area contributed by atoms with Gasteiger partial charge in [0.2, 0.25) is 0 Å². The lowest BCUT2D eigenvalue weighted by molar-refractivity contribution is 0.243. The lowest BCUT2D eigenvalue weighted by atomic mass is 10.0. The third-order valence-electron chi connectivity index (χ3n) is 4.52. The minimum atomic E-state index is 0.565. The Labute approximate surface area is 164 Å². The van der Waals surface area contributed by atoms with E-state index < -0.39 is 0 Å². The zero-order valence-electron chi connectivity index (χ0n) is 15.8. The van der Waals surface area contributed by atoms with E-state index in [1.54, 1.807) is 11.3 Å². The molecule has 6 heteroatoms. The predicted octanol–water partition coefficient (Wildman–Crippen LogP) is 4.82. The Morgan fingerprint density at radius 2 is 1.92 bits per heavy atom. The quantitative estimate of drug-likeness (QED) is 0.545. The van der Waals surface area contributed by atoms with E-state index in [1.165, 1.54) is 16.0 Å². The van der Waals surface area contributed by atoms with Gasteiger partial charge in [-0.2, -0.15) is 5.10 Å². The van der Waals surface area contributed by atoms with Crippen LogP contribution in [0, 0.1) is 4.77 Å². The number of hydrogen-bond acceptors (Lipinski definition) is 4. The lowest BCUT2D eigenvalue weighted by Crippen LogP contribution is -2.22. The van der Waals surface area contributed by atoms with Crippen LogP contribution in [-0.2, 0) is 26.7 Å². The molecule has 0 saturated carbocycles. The summed E-state index contributed by atoms with van der Waals surface area (Å²) in [6.45, 7) is 6.00. The second-order valence-corrected chi connectivity index (χ2v) is 8.46. The minimum absolute atomic E-state index is 0.565. The average molecular weight is 387 g/mol.